The Morgan fingerprint density at radius 1 is 0.270 bits per heavy atom. The molecule has 2 aromatic heterocycles. The summed E-state index contributed by atoms with van der Waals surface area (Å²) in [6, 6.07) is 63.0. The molecule has 0 fully saturated rings. The highest BCUT2D eigenvalue weighted by Crippen LogP contribution is 2.48. The standard InChI is InChI=1S/C66H46F6N2/c1-39-10-5-14-43(28-39)48-20-24-54-55-25-21-49(44-15-6-11-40(2)29-44)34-59(55)73(58(54)33-48)62-37-52(47-18-9-19-53(32-47)65(67,68)69)38-63(64(62)66(70,71)72)74-60-35-50(45-16-7-12-41(3)30-45)22-26-56(60)57-27-23-51(36-61(57)74)46-17-8-13-42(4)31-46/h5-38H,1-4H3. The van der Waals surface area contributed by atoms with E-state index in [9.17, 15) is 13.2 Å². The smallest absolute Gasteiger partial charge is 0.308 e. The van der Waals surface area contributed by atoms with Crippen molar-refractivity contribution in [2.24, 2.45) is 0 Å². The topological polar surface area (TPSA) is 9.86 Å². The number of hydrogen-bond acceptors (Lipinski definition) is 0. The fraction of sp³-hybridized carbons (Fsp3) is 0.0909. The van der Waals surface area contributed by atoms with Gasteiger partial charge in [-0.05, 0) is 132 Å². The fourth-order valence-corrected chi connectivity index (χ4v) is 10.9. The minimum absolute atomic E-state index is 0.111. The van der Waals surface area contributed by atoms with Crippen LogP contribution in [0, 0.1) is 27.7 Å². The first-order valence-corrected chi connectivity index (χ1v) is 24.4. The molecule has 0 aliphatic rings. The van der Waals surface area contributed by atoms with E-state index in [4.69, 9.17) is 0 Å². The number of hydrogen-bond donors (Lipinski definition) is 0. The number of alkyl halides is 6. The van der Waals surface area contributed by atoms with Crippen LogP contribution in [0.15, 0.2) is 206 Å². The summed E-state index contributed by atoms with van der Waals surface area (Å²) in [6.45, 7) is 7.96. The molecule has 0 spiro atoms. The van der Waals surface area contributed by atoms with Crippen LogP contribution in [0.2, 0.25) is 0 Å². The molecule has 0 atom stereocenters. The Kier molecular flexibility index (Phi) is 11.0. The van der Waals surface area contributed by atoms with Crippen molar-refractivity contribution in [2.45, 2.75) is 40.0 Å². The quantitative estimate of drug-likeness (QED) is 0.141. The van der Waals surface area contributed by atoms with Gasteiger partial charge in [-0.15, -0.1) is 0 Å². The minimum atomic E-state index is -5.02. The third-order valence-corrected chi connectivity index (χ3v) is 14.3. The highest BCUT2D eigenvalue weighted by atomic mass is 19.4. The molecule has 12 rings (SSSR count). The van der Waals surface area contributed by atoms with Gasteiger partial charge < -0.3 is 9.13 Å². The molecule has 0 N–H and O–H groups in total. The number of aryl methyl sites for hydroxylation is 4. The summed E-state index contributed by atoms with van der Waals surface area (Å²) >= 11 is 0. The maximum absolute atomic E-state index is 17.2. The lowest BCUT2D eigenvalue weighted by Crippen LogP contribution is -2.16. The molecule has 0 aliphatic heterocycles. The Morgan fingerprint density at radius 3 is 0.838 bits per heavy atom. The zero-order valence-corrected chi connectivity index (χ0v) is 40.8. The minimum Gasteiger partial charge on any atom is -0.308 e. The van der Waals surface area contributed by atoms with Crippen LogP contribution in [0.4, 0.5) is 26.3 Å². The van der Waals surface area contributed by atoms with Crippen molar-refractivity contribution in [3.05, 3.63) is 240 Å². The molecule has 8 heteroatoms. The molecule has 0 amide bonds. The van der Waals surface area contributed by atoms with E-state index in [1.807, 2.05) is 198 Å². The molecule has 74 heavy (non-hydrogen) atoms. The average molecular weight is 981 g/mol. The van der Waals surface area contributed by atoms with Crippen molar-refractivity contribution in [3.63, 3.8) is 0 Å². The van der Waals surface area contributed by atoms with Crippen molar-refractivity contribution >= 4 is 43.6 Å². The Balaban J connectivity index is 1.27. The zero-order chi connectivity index (χ0) is 51.2. The molecule has 0 radical (unpaired) electrons. The molecule has 2 nitrogen and oxygen atoms in total. The molecule has 0 saturated carbocycles. The van der Waals surface area contributed by atoms with E-state index >= 15 is 13.2 Å². The van der Waals surface area contributed by atoms with Crippen LogP contribution in [0.1, 0.15) is 33.4 Å². The second kappa shape index (κ2) is 17.6. The highest BCUT2D eigenvalue weighted by Gasteiger charge is 2.40. The number of fused-ring (bicyclic) bond motifs is 6. The van der Waals surface area contributed by atoms with Crippen molar-refractivity contribution in [3.8, 4) is 67.0 Å². The third kappa shape index (κ3) is 8.20. The van der Waals surface area contributed by atoms with Gasteiger partial charge in [-0.25, -0.2) is 0 Å². The Bertz CT molecular complexity index is 3780. The fourth-order valence-electron chi connectivity index (χ4n) is 10.9. The summed E-state index contributed by atoms with van der Waals surface area (Å²) in [7, 11) is 0. The summed E-state index contributed by atoms with van der Waals surface area (Å²) in [5.41, 5.74) is 10.8. The first kappa shape index (κ1) is 46.5. The molecule has 362 valence electrons. The number of aromatic nitrogens is 2. The number of benzene rings is 10. The first-order valence-electron chi connectivity index (χ1n) is 24.4. The third-order valence-electron chi connectivity index (χ3n) is 14.3. The van der Waals surface area contributed by atoms with Gasteiger partial charge in [-0.1, -0.05) is 180 Å². The number of halogens is 6. The predicted octanol–water partition coefficient (Wildman–Crippen LogP) is 19.5. The summed E-state index contributed by atoms with van der Waals surface area (Å²) < 4.78 is 99.0. The normalized spacial score (nSPS) is 12.2. The Labute approximate surface area is 424 Å². The van der Waals surface area contributed by atoms with Crippen LogP contribution in [-0.2, 0) is 12.4 Å². The Hall–Kier alpha value is -8.62. The predicted molar refractivity (Wildman–Crippen MR) is 291 cm³/mol. The number of nitrogens with zero attached hydrogens (tertiary/aromatic N) is 2. The molecule has 12 aromatic rings. The van der Waals surface area contributed by atoms with Gasteiger partial charge in [0, 0.05) is 21.5 Å². The van der Waals surface area contributed by atoms with E-state index in [0.29, 0.717) is 43.6 Å². The zero-order valence-electron chi connectivity index (χ0n) is 40.8. The van der Waals surface area contributed by atoms with Gasteiger partial charge in [0.25, 0.3) is 0 Å². The number of rotatable bonds is 7. The van der Waals surface area contributed by atoms with Crippen molar-refractivity contribution < 1.29 is 26.3 Å². The van der Waals surface area contributed by atoms with Crippen molar-refractivity contribution in [1.82, 2.24) is 9.13 Å². The van der Waals surface area contributed by atoms with Gasteiger partial charge in [0.1, 0.15) is 5.56 Å². The molecular formula is C66H46F6N2. The van der Waals surface area contributed by atoms with E-state index in [2.05, 4.69) is 0 Å². The monoisotopic (exact) mass is 980 g/mol. The van der Waals surface area contributed by atoms with Gasteiger partial charge in [0.2, 0.25) is 0 Å². The maximum Gasteiger partial charge on any atom is 0.420 e. The van der Waals surface area contributed by atoms with Crippen molar-refractivity contribution in [1.29, 1.82) is 0 Å². The maximum atomic E-state index is 17.2. The second-order valence-electron chi connectivity index (χ2n) is 19.5. The van der Waals surface area contributed by atoms with Crippen LogP contribution in [0.5, 0.6) is 0 Å². The van der Waals surface area contributed by atoms with Gasteiger partial charge in [-0.3, -0.25) is 0 Å². The molecule has 0 bridgehead atoms. The van der Waals surface area contributed by atoms with E-state index in [1.54, 1.807) is 9.13 Å². The molecule has 0 unspecified atom stereocenters. The molecule has 10 aromatic carbocycles. The van der Waals surface area contributed by atoms with Crippen LogP contribution in [0.3, 0.4) is 0 Å². The van der Waals surface area contributed by atoms with Crippen LogP contribution in [-0.4, -0.2) is 9.13 Å². The SMILES string of the molecule is Cc1cccc(-c2ccc3c4ccc(-c5cccc(C)c5)cc4n(-c4cc(-c5cccc(C(F)(F)F)c5)cc(-n5c6cc(-c7cccc(C)c7)ccc6c6ccc(-c7cccc(C)c7)cc65)c4C(F)(F)F)c3c2)c1. The molecular weight excluding hydrogens is 935 g/mol. The van der Waals surface area contributed by atoms with Gasteiger partial charge >= 0.3 is 12.4 Å². The highest BCUT2D eigenvalue weighted by molar-refractivity contribution is 6.13. The lowest BCUT2D eigenvalue weighted by Gasteiger charge is -2.24. The van der Waals surface area contributed by atoms with Gasteiger partial charge in [0.05, 0.1) is 39.0 Å². The van der Waals surface area contributed by atoms with E-state index in [-0.39, 0.29) is 22.5 Å². The van der Waals surface area contributed by atoms with Crippen LogP contribution < -0.4 is 0 Å². The average Bonchev–Trinajstić information content (AvgIpc) is 3.89. The largest absolute Gasteiger partial charge is 0.420 e. The van der Waals surface area contributed by atoms with E-state index in [0.717, 1.165) is 78.9 Å². The van der Waals surface area contributed by atoms with E-state index < -0.39 is 23.5 Å². The lowest BCUT2D eigenvalue weighted by molar-refractivity contribution is -0.138. The summed E-state index contributed by atoms with van der Waals surface area (Å²) in [6.07, 6.45) is -9.74. The molecule has 0 aliphatic carbocycles. The second-order valence-corrected chi connectivity index (χ2v) is 19.5. The van der Waals surface area contributed by atoms with Crippen LogP contribution in [0.25, 0.3) is 111 Å². The first-order chi connectivity index (χ1) is 35.6. The summed E-state index contributed by atoms with van der Waals surface area (Å²) in [4.78, 5) is 0. The van der Waals surface area contributed by atoms with Crippen molar-refractivity contribution in [2.75, 3.05) is 0 Å². The lowest BCUT2D eigenvalue weighted by atomic mass is 9.97. The molecule has 2 heterocycles. The van der Waals surface area contributed by atoms with Gasteiger partial charge in [-0.2, -0.15) is 26.3 Å². The van der Waals surface area contributed by atoms with Crippen LogP contribution >= 0.6 is 0 Å². The molecule has 0 saturated heterocycles. The van der Waals surface area contributed by atoms with Gasteiger partial charge in [0.15, 0.2) is 0 Å². The van der Waals surface area contributed by atoms with E-state index in [1.165, 1.54) is 24.3 Å². The summed E-state index contributed by atoms with van der Waals surface area (Å²) in [5, 5.41) is 2.87. The Morgan fingerprint density at radius 2 is 0.554 bits per heavy atom. The summed E-state index contributed by atoms with van der Waals surface area (Å²) in [5.74, 6) is 0.